The number of nitrogens with one attached hydrogen (secondary N) is 1. The van der Waals surface area contributed by atoms with E-state index in [1.165, 1.54) is 12.1 Å². The maximum Gasteiger partial charge on any atom is 0.239 e. The molecule has 0 unspecified atom stereocenters. The fraction of sp³-hybridized carbons (Fsp3) is 0.250. The topological polar surface area (TPSA) is 83.5 Å². The van der Waals surface area contributed by atoms with E-state index in [1.54, 1.807) is 6.07 Å². The predicted octanol–water partition coefficient (Wildman–Crippen LogP) is 0.667. The lowest BCUT2D eigenvalue weighted by Crippen LogP contribution is -2.22. The van der Waals surface area contributed by atoms with Crippen LogP contribution in [0.3, 0.4) is 0 Å². The first kappa shape index (κ1) is 15.5. The molecule has 0 fully saturated rings. The number of aliphatic hydroxyl groups excluding tert-OH is 1. The first-order chi connectivity index (χ1) is 8.81. The number of halogens is 1. The van der Waals surface area contributed by atoms with Crippen molar-refractivity contribution in [2.45, 2.75) is 0 Å². The summed E-state index contributed by atoms with van der Waals surface area (Å²) in [5, 5.41) is 11.3. The summed E-state index contributed by atoms with van der Waals surface area (Å²) in [5.41, 5.74) is 0.827. The molecule has 2 N–H and O–H groups in total. The Hall–Kier alpha value is -1.55. The van der Waals surface area contributed by atoms with E-state index in [0.29, 0.717) is 5.56 Å². The SMILES string of the molecule is CS(=O)(=O)CC(=O)Nc1cc(C#CCO)ccc1Cl. The third-order valence-corrected chi connectivity index (χ3v) is 3.06. The number of hydrogen-bond acceptors (Lipinski definition) is 4. The molecular formula is C12H12ClNO4S. The van der Waals surface area contributed by atoms with Crippen LogP contribution in [0.1, 0.15) is 5.56 Å². The number of anilines is 1. The fourth-order valence-corrected chi connectivity index (χ4v) is 1.98. The number of carbonyl (C=O) groups is 1. The fourth-order valence-electron chi connectivity index (χ4n) is 1.26. The van der Waals surface area contributed by atoms with Crippen LogP contribution in [0.2, 0.25) is 5.02 Å². The van der Waals surface area contributed by atoms with E-state index in [4.69, 9.17) is 16.7 Å². The van der Waals surface area contributed by atoms with E-state index in [2.05, 4.69) is 17.2 Å². The molecule has 0 saturated heterocycles. The van der Waals surface area contributed by atoms with Gasteiger partial charge in [0, 0.05) is 11.8 Å². The van der Waals surface area contributed by atoms with Crippen LogP contribution in [0.25, 0.3) is 0 Å². The van der Waals surface area contributed by atoms with Gasteiger partial charge in [0.2, 0.25) is 5.91 Å². The van der Waals surface area contributed by atoms with Crippen molar-refractivity contribution >= 4 is 33.0 Å². The number of aliphatic hydroxyl groups is 1. The molecular weight excluding hydrogens is 290 g/mol. The Bertz CT molecular complexity index is 643. The van der Waals surface area contributed by atoms with Gasteiger partial charge in [-0.05, 0) is 18.2 Å². The van der Waals surface area contributed by atoms with Gasteiger partial charge in [-0.2, -0.15) is 0 Å². The van der Waals surface area contributed by atoms with Crippen molar-refractivity contribution in [1.82, 2.24) is 0 Å². The molecule has 1 aromatic carbocycles. The Morgan fingerprint density at radius 3 is 2.74 bits per heavy atom. The van der Waals surface area contributed by atoms with Crippen molar-refractivity contribution in [2.75, 3.05) is 23.9 Å². The molecule has 19 heavy (non-hydrogen) atoms. The van der Waals surface area contributed by atoms with Gasteiger partial charge in [0.05, 0.1) is 10.7 Å². The molecule has 0 radical (unpaired) electrons. The Morgan fingerprint density at radius 2 is 2.16 bits per heavy atom. The molecule has 0 aliphatic carbocycles. The number of rotatable bonds is 3. The van der Waals surface area contributed by atoms with E-state index in [1.807, 2.05) is 0 Å². The lowest BCUT2D eigenvalue weighted by Gasteiger charge is -2.07. The normalized spacial score (nSPS) is 10.5. The lowest BCUT2D eigenvalue weighted by molar-refractivity contribution is -0.113. The quantitative estimate of drug-likeness (QED) is 0.804. The van der Waals surface area contributed by atoms with Gasteiger partial charge in [0.25, 0.3) is 0 Å². The summed E-state index contributed by atoms with van der Waals surface area (Å²) in [5.74, 6) is 3.83. The average Bonchev–Trinajstić information content (AvgIpc) is 2.27. The van der Waals surface area contributed by atoms with Crippen LogP contribution in [0, 0.1) is 11.8 Å². The molecule has 0 aliphatic rings. The Labute approximate surface area is 116 Å². The van der Waals surface area contributed by atoms with Crippen molar-refractivity contribution in [2.24, 2.45) is 0 Å². The molecule has 0 saturated carbocycles. The van der Waals surface area contributed by atoms with E-state index in [0.717, 1.165) is 6.26 Å². The highest BCUT2D eigenvalue weighted by Gasteiger charge is 2.12. The van der Waals surface area contributed by atoms with E-state index in [9.17, 15) is 13.2 Å². The molecule has 1 amide bonds. The summed E-state index contributed by atoms with van der Waals surface area (Å²) in [7, 11) is -3.40. The lowest BCUT2D eigenvalue weighted by atomic mass is 10.2. The Morgan fingerprint density at radius 1 is 1.47 bits per heavy atom. The Balaban J connectivity index is 2.91. The monoisotopic (exact) mass is 301 g/mol. The molecule has 5 nitrogen and oxygen atoms in total. The second-order valence-electron chi connectivity index (χ2n) is 3.77. The highest BCUT2D eigenvalue weighted by molar-refractivity contribution is 7.91. The number of carbonyl (C=O) groups excluding carboxylic acids is 1. The number of hydrogen-bond donors (Lipinski definition) is 2. The van der Waals surface area contributed by atoms with Gasteiger partial charge in [-0.1, -0.05) is 23.4 Å². The summed E-state index contributed by atoms with van der Waals surface area (Å²) in [4.78, 5) is 11.5. The summed E-state index contributed by atoms with van der Waals surface area (Å²) in [6.45, 7) is -0.279. The van der Waals surface area contributed by atoms with Crippen LogP contribution in [0.4, 0.5) is 5.69 Å². The summed E-state index contributed by atoms with van der Waals surface area (Å²) >= 11 is 5.88. The third kappa shape index (κ3) is 5.75. The minimum Gasteiger partial charge on any atom is -0.384 e. The van der Waals surface area contributed by atoms with Gasteiger partial charge in [-0.25, -0.2) is 8.42 Å². The highest BCUT2D eigenvalue weighted by atomic mass is 35.5. The summed E-state index contributed by atoms with van der Waals surface area (Å²) in [6, 6.07) is 4.65. The largest absolute Gasteiger partial charge is 0.384 e. The maximum atomic E-state index is 11.5. The van der Waals surface area contributed by atoms with Crippen LogP contribution in [0.5, 0.6) is 0 Å². The molecule has 1 rings (SSSR count). The van der Waals surface area contributed by atoms with Gasteiger partial charge < -0.3 is 10.4 Å². The second kappa shape index (κ2) is 6.57. The van der Waals surface area contributed by atoms with E-state index >= 15 is 0 Å². The van der Waals surface area contributed by atoms with Crippen LogP contribution in [0.15, 0.2) is 18.2 Å². The van der Waals surface area contributed by atoms with Crippen molar-refractivity contribution in [3.05, 3.63) is 28.8 Å². The number of sulfone groups is 1. The molecule has 0 heterocycles. The average molecular weight is 302 g/mol. The van der Waals surface area contributed by atoms with E-state index in [-0.39, 0.29) is 17.3 Å². The van der Waals surface area contributed by atoms with Crippen molar-refractivity contribution in [3.63, 3.8) is 0 Å². The highest BCUT2D eigenvalue weighted by Crippen LogP contribution is 2.22. The van der Waals surface area contributed by atoms with Gasteiger partial charge in [-0.3, -0.25) is 4.79 Å². The molecule has 0 spiro atoms. The van der Waals surface area contributed by atoms with Crippen molar-refractivity contribution in [1.29, 1.82) is 0 Å². The van der Waals surface area contributed by atoms with Gasteiger partial charge in [-0.15, -0.1) is 0 Å². The van der Waals surface area contributed by atoms with Gasteiger partial charge in [0.1, 0.15) is 12.4 Å². The smallest absolute Gasteiger partial charge is 0.239 e. The molecule has 0 aliphatic heterocycles. The summed E-state index contributed by atoms with van der Waals surface area (Å²) < 4.78 is 22.0. The van der Waals surface area contributed by atoms with Crippen molar-refractivity contribution < 1.29 is 18.3 Å². The van der Waals surface area contributed by atoms with Crippen molar-refractivity contribution in [3.8, 4) is 11.8 Å². The molecule has 0 aromatic heterocycles. The Kier molecular flexibility index (Phi) is 5.36. The molecule has 7 heteroatoms. The van der Waals surface area contributed by atoms with Gasteiger partial charge >= 0.3 is 0 Å². The third-order valence-electron chi connectivity index (χ3n) is 1.95. The minimum absolute atomic E-state index is 0.274. The van der Waals surface area contributed by atoms with Crippen LogP contribution in [-0.4, -0.2) is 38.0 Å². The second-order valence-corrected chi connectivity index (χ2v) is 6.32. The zero-order chi connectivity index (χ0) is 14.5. The zero-order valence-corrected chi connectivity index (χ0v) is 11.7. The van der Waals surface area contributed by atoms with Gasteiger partial charge in [0.15, 0.2) is 9.84 Å². The first-order valence-corrected chi connectivity index (χ1v) is 7.62. The number of benzene rings is 1. The van der Waals surface area contributed by atoms with Crippen LogP contribution >= 0.6 is 11.6 Å². The predicted molar refractivity (Wildman–Crippen MR) is 73.8 cm³/mol. The summed E-state index contributed by atoms with van der Waals surface area (Å²) in [6.07, 6.45) is 0.970. The molecule has 102 valence electrons. The standard InChI is InChI=1S/C12H12ClNO4S/c1-19(17,18)8-12(16)14-11-7-9(3-2-6-15)4-5-10(11)13/h4-5,7,15H,6,8H2,1H3,(H,14,16). The molecule has 0 atom stereocenters. The molecule has 0 bridgehead atoms. The van der Waals surface area contributed by atoms with Crippen LogP contribution < -0.4 is 5.32 Å². The maximum absolute atomic E-state index is 11.5. The number of amides is 1. The molecule has 1 aromatic rings. The zero-order valence-electron chi connectivity index (χ0n) is 10.1. The van der Waals surface area contributed by atoms with E-state index < -0.39 is 21.5 Å². The van der Waals surface area contributed by atoms with Crippen LogP contribution in [-0.2, 0) is 14.6 Å². The minimum atomic E-state index is -3.40. The first-order valence-electron chi connectivity index (χ1n) is 5.18.